The van der Waals surface area contributed by atoms with Gasteiger partial charge in [0, 0.05) is 48.5 Å². The van der Waals surface area contributed by atoms with Crippen LogP contribution in [0, 0.1) is 22.7 Å². The second-order valence-corrected chi connectivity index (χ2v) is 12.3. The van der Waals surface area contributed by atoms with E-state index in [1.807, 2.05) is 35.2 Å². The molecule has 6 rings (SSSR count). The Bertz CT molecular complexity index is 1570. The molecule has 0 bridgehead atoms. The second kappa shape index (κ2) is 10.4. The van der Waals surface area contributed by atoms with E-state index in [9.17, 15) is 10.1 Å². The molecule has 0 radical (unpaired) electrons. The summed E-state index contributed by atoms with van der Waals surface area (Å²) in [7, 11) is 0. The molecule has 7 nitrogen and oxygen atoms in total. The van der Waals surface area contributed by atoms with Gasteiger partial charge in [-0.05, 0) is 79.3 Å². The summed E-state index contributed by atoms with van der Waals surface area (Å²) in [5, 5.41) is 11.2. The average Bonchev–Trinajstić information content (AvgIpc) is 3.67. The Kier molecular flexibility index (Phi) is 6.79. The Morgan fingerprint density at radius 3 is 2.40 bits per heavy atom. The molecule has 0 unspecified atom stereocenters. The fourth-order valence-electron chi connectivity index (χ4n) is 5.48. The van der Waals surface area contributed by atoms with Crippen LogP contribution in [0.25, 0.3) is 22.2 Å². The van der Waals surface area contributed by atoms with Gasteiger partial charge < -0.3 is 14.2 Å². The number of carbonyl (C=O) groups excluding carboxylic acids is 1. The second-order valence-electron chi connectivity index (χ2n) is 12.3. The molecule has 0 saturated heterocycles. The third-order valence-electron chi connectivity index (χ3n) is 7.85. The molecule has 2 saturated carbocycles. The third-order valence-corrected chi connectivity index (χ3v) is 7.85. The van der Waals surface area contributed by atoms with Crippen molar-refractivity contribution in [1.82, 2.24) is 14.5 Å². The number of fused-ring (bicyclic) bond motifs is 1. The van der Waals surface area contributed by atoms with Crippen LogP contribution in [0.2, 0.25) is 0 Å². The Morgan fingerprint density at radius 1 is 1.07 bits per heavy atom. The van der Waals surface area contributed by atoms with Crippen LogP contribution in [-0.2, 0) is 4.79 Å². The summed E-state index contributed by atoms with van der Waals surface area (Å²) >= 11 is 0. The van der Waals surface area contributed by atoms with E-state index in [2.05, 4.69) is 53.5 Å². The van der Waals surface area contributed by atoms with Crippen molar-refractivity contribution in [2.24, 2.45) is 11.3 Å². The monoisotopic (exact) mass is 533 g/mol. The molecule has 2 aliphatic rings. The highest BCUT2D eigenvalue weighted by atomic mass is 16.5. The molecule has 7 heteroatoms. The minimum atomic E-state index is -0.0700. The van der Waals surface area contributed by atoms with E-state index >= 15 is 0 Å². The van der Waals surface area contributed by atoms with Gasteiger partial charge in [0.15, 0.2) is 0 Å². The molecule has 0 atom stereocenters. The predicted octanol–water partition coefficient (Wildman–Crippen LogP) is 7.67. The van der Waals surface area contributed by atoms with Crippen LogP contribution in [0.15, 0.2) is 60.9 Å². The van der Waals surface area contributed by atoms with E-state index in [4.69, 9.17) is 4.74 Å². The molecule has 2 fully saturated rings. The molecule has 2 heterocycles. The van der Waals surface area contributed by atoms with E-state index < -0.39 is 0 Å². The van der Waals surface area contributed by atoms with Crippen LogP contribution in [0.3, 0.4) is 0 Å². The van der Waals surface area contributed by atoms with Crippen molar-refractivity contribution in [3.63, 3.8) is 0 Å². The average molecular weight is 534 g/mol. The molecule has 0 spiro atoms. The molecule has 1 amide bonds. The van der Waals surface area contributed by atoms with E-state index in [-0.39, 0.29) is 17.3 Å². The quantitative estimate of drug-likeness (QED) is 0.232. The fourth-order valence-corrected chi connectivity index (χ4v) is 5.48. The minimum absolute atomic E-state index is 0.0700. The number of nitrogens with zero attached hydrogens (tertiary/aromatic N) is 5. The first-order valence-corrected chi connectivity index (χ1v) is 14.2. The van der Waals surface area contributed by atoms with Gasteiger partial charge in [0.25, 0.3) is 0 Å². The fraction of sp³-hybridized carbons (Fsp3) is 0.394. The predicted molar refractivity (Wildman–Crippen MR) is 156 cm³/mol. The van der Waals surface area contributed by atoms with Crippen molar-refractivity contribution in [2.45, 2.75) is 65.3 Å². The number of aromatic nitrogens is 3. The van der Waals surface area contributed by atoms with Crippen LogP contribution in [0.4, 0.5) is 5.69 Å². The highest BCUT2D eigenvalue weighted by Gasteiger charge is 2.31. The van der Waals surface area contributed by atoms with E-state index in [0.29, 0.717) is 29.7 Å². The normalized spacial score (nSPS) is 15.4. The number of hydrogen-bond donors (Lipinski definition) is 0. The number of nitriles is 1. The van der Waals surface area contributed by atoms with Crippen LogP contribution in [0.1, 0.15) is 70.9 Å². The van der Waals surface area contributed by atoms with Crippen molar-refractivity contribution < 1.29 is 9.53 Å². The minimum Gasteiger partial charge on any atom is -0.424 e. The van der Waals surface area contributed by atoms with Crippen LogP contribution < -0.4 is 9.64 Å². The number of anilines is 1. The molecule has 2 aromatic heterocycles. The zero-order valence-corrected chi connectivity index (χ0v) is 23.4. The van der Waals surface area contributed by atoms with Gasteiger partial charge in [0.05, 0.1) is 16.8 Å². The highest BCUT2D eigenvalue weighted by Crippen LogP contribution is 2.44. The lowest BCUT2D eigenvalue weighted by molar-refractivity contribution is -0.120. The van der Waals surface area contributed by atoms with Gasteiger partial charge in [-0.2, -0.15) is 5.26 Å². The SMILES string of the molecule is CC(C)(C)CC(=O)N(CC1CC1)c1ccc(-c2c(C#N)c3ccc(Oc4ncccn4)cc3n2C2CCC2)cc1. The van der Waals surface area contributed by atoms with Gasteiger partial charge in [-0.3, -0.25) is 4.79 Å². The molecule has 40 heavy (non-hydrogen) atoms. The summed E-state index contributed by atoms with van der Waals surface area (Å²) in [5.74, 6) is 1.40. The zero-order valence-electron chi connectivity index (χ0n) is 23.4. The third kappa shape index (κ3) is 5.31. The lowest BCUT2D eigenvalue weighted by Crippen LogP contribution is -2.35. The number of amides is 1. The summed E-state index contributed by atoms with van der Waals surface area (Å²) in [4.78, 5) is 23.6. The summed E-state index contributed by atoms with van der Waals surface area (Å²) in [5.41, 5.74) is 4.40. The molecular weight excluding hydrogens is 498 g/mol. The summed E-state index contributed by atoms with van der Waals surface area (Å²) in [6.45, 7) is 7.09. The lowest BCUT2D eigenvalue weighted by Gasteiger charge is -2.30. The topological polar surface area (TPSA) is 84.0 Å². The summed E-state index contributed by atoms with van der Waals surface area (Å²) in [6, 6.07) is 18.9. The molecule has 2 aromatic carbocycles. The first kappa shape index (κ1) is 26.1. The van der Waals surface area contributed by atoms with Gasteiger partial charge in [-0.25, -0.2) is 9.97 Å². The number of rotatable bonds is 8. The molecule has 4 aromatic rings. The summed E-state index contributed by atoms with van der Waals surface area (Å²) < 4.78 is 8.26. The smallest absolute Gasteiger partial charge is 0.321 e. The lowest BCUT2D eigenvalue weighted by atomic mass is 9.91. The maximum atomic E-state index is 13.3. The Balaban J connectivity index is 1.39. The summed E-state index contributed by atoms with van der Waals surface area (Å²) in [6.07, 6.45) is 9.50. The standard InChI is InChI=1S/C33H35N5O2/c1-33(2,3)19-30(39)37(21-22-8-9-22)24-12-10-23(11-13-24)31-28(20-34)27-15-14-26(40-32-35-16-5-17-36-32)18-29(27)38(31)25-6-4-7-25/h5,10-18,22,25H,4,6-9,19,21H2,1-3H3. The zero-order chi connectivity index (χ0) is 27.9. The number of ether oxygens (including phenoxy) is 1. The Labute approximate surface area is 235 Å². The van der Waals surface area contributed by atoms with Crippen molar-refractivity contribution in [3.8, 4) is 29.1 Å². The number of hydrogen-bond acceptors (Lipinski definition) is 5. The Hall–Kier alpha value is -4.18. The molecule has 0 aliphatic heterocycles. The molecule has 204 valence electrons. The molecule has 2 aliphatic carbocycles. The van der Waals surface area contributed by atoms with Crippen LogP contribution >= 0.6 is 0 Å². The van der Waals surface area contributed by atoms with Gasteiger partial charge >= 0.3 is 6.01 Å². The first-order valence-electron chi connectivity index (χ1n) is 14.2. The van der Waals surface area contributed by atoms with Crippen molar-refractivity contribution >= 4 is 22.5 Å². The van der Waals surface area contributed by atoms with Gasteiger partial charge in [-0.15, -0.1) is 0 Å². The highest BCUT2D eigenvalue weighted by molar-refractivity contribution is 5.97. The van der Waals surface area contributed by atoms with E-state index in [0.717, 1.165) is 47.2 Å². The first-order chi connectivity index (χ1) is 19.3. The van der Waals surface area contributed by atoms with Gasteiger partial charge in [0.1, 0.15) is 11.8 Å². The molecular formula is C33H35N5O2. The maximum absolute atomic E-state index is 13.3. The van der Waals surface area contributed by atoms with Crippen LogP contribution in [-0.4, -0.2) is 27.0 Å². The van der Waals surface area contributed by atoms with Crippen LogP contribution in [0.5, 0.6) is 11.8 Å². The van der Waals surface area contributed by atoms with Crippen molar-refractivity contribution in [2.75, 3.05) is 11.4 Å². The van der Waals surface area contributed by atoms with Gasteiger partial charge in [-0.1, -0.05) is 32.9 Å². The number of benzene rings is 2. The largest absolute Gasteiger partial charge is 0.424 e. The molecule has 0 N–H and O–H groups in total. The van der Waals surface area contributed by atoms with E-state index in [1.165, 1.54) is 19.3 Å². The number of carbonyl (C=O) groups is 1. The van der Waals surface area contributed by atoms with Crippen molar-refractivity contribution in [1.29, 1.82) is 5.26 Å². The van der Waals surface area contributed by atoms with E-state index in [1.54, 1.807) is 18.5 Å². The Morgan fingerprint density at radius 2 is 1.80 bits per heavy atom. The maximum Gasteiger partial charge on any atom is 0.321 e. The van der Waals surface area contributed by atoms with Crippen molar-refractivity contribution in [3.05, 3.63) is 66.5 Å². The van der Waals surface area contributed by atoms with Gasteiger partial charge in [0.2, 0.25) is 5.91 Å².